The molecule has 2 aromatic rings. The van der Waals surface area contributed by atoms with Crippen LogP contribution in [0.1, 0.15) is 31.9 Å². The van der Waals surface area contributed by atoms with E-state index in [9.17, 15) is 0 Å². The van der Waals surface area contributed by atoms with Gasteiger partial charge in [0.15, 0.2) is 0 Å². The largest absolute Gasteiger partial charge is 0.463 e. The average molecular weight is 282 g/mol. The zero-order valence-corrected chi connectivity index (χ0v) is 12.9. The van der Waals surface area contributed by atoms with E-state index < -0.39 is 5.79 Å². The lowest BCUT2D eigenvalue weighted by Crippen LogP contribution is -2.31. The zero-order chi connectivity index (χ0) is 15.3. The highest BCUT2D eigenvalue weighted by Crippen LogP contribution is 2.24. The number of benzene rings is 2. The maximum Gasteiger partial charge on any atom is 0.205 e. The standard InChI is InChI=1S/C19H22O2/c1-15(2)17-11-8-12-18(13-17)21-19(3,4)20-14-16-9-6-5-7-10-16/h5-13H,1,14H2,2-4H3. The summed E-state index contributed by atoms with van der Waals surface area (Å²) >= 11 is 0. The molecule has 21 heavy (non-hydrogen) atoms. The van der Waals surface area contributed by atoms with Gasteiger partial charge in [-0.2, -0.15) is 0 Å². The van der Waals surface area contributed by atoms with Gasteiger partial charge in [-0.3, -0.25) is 0 Å². The summed E-state index contributed by atoms with van der Waals surface area (Å²) in [6.45, 7) is 10.3. The minimum absolute atomic E-state index is 0.522. The van der Waals surface area contributed by atoms with E-state index >= 15 is 0 Å². The minimum Gasteiger partial charge on any atom is -0.463 e. The highest BCUT2D eigenvalue weighted by atomic mass is 16.7. The van der Waals surface area contributed by atoms with Crippen molar-refractivity contribution in [3.8, 4) is 5.75 Å². The molecule has 0 aliphatic carbocycles. The number of hydrogen-bond acceptors (Lipinski definition) is 2. The van der Waals surface area contributed by atoms with Gasteiger partial charge in [0.25, 0.3) is 0 Å². The van der Waals surface area contributed by atoms with Crippen LogP contribution in [0.2, 0.25) is 0 Å². The van der Waals surface area contributed by atoms with Crippen LogP contribution in [0.5, 0.6) is 5.75 Å². The van der Waals surface area contributed by atoms with Gasteiger partial charge in [0.05, 0.1) is 6.61 Å². The molecular weight excluding hydrogens is 260 g/mol. The fourth-order valence-corrected chi connectivity index (χ4v) is 1.97. The summed E-state index contributed by atoms with van der Waals surface area (Å²) in [5.41, 5.74) is 3.22. The van der Waals surface area contributed by atoms with Gasteiger partial charge >= 0.3 is 0 Å². The molecule has 0 bridgehead atoms. The zero-order valence-electron chi connectivity index (χ0n) is 12.9. The minimum atomic E-state index is -0.691. The van der Waals surface area contributed by atoms with Crippen LogP contribution in [0.4, 0.5) is 0 Å². The Labute approximate surface area is 127 Å². The first-order valence-corrected chi connectivity index (χ1v) is 7.09. The van der Waals surface area contributed by atoms with Gasteiger partial charge in [-0.15, -0.1) is 0 Å². The van der Waals surface area contributed by atoms with Crippen LogP contribution < -0.4 is 4.74 Å². The van der Waals surface area contributed by atoms with Crippen molar-refractivity contribution in [2.75, 3.05) is 0 Å². The highest BCUT2D eigenvalue weighted by Gasteiger charge is 2.20. The van der Waals surface area contributed by atoms with Crippen molar-refractivity contribution >= 4 is 5.57 Å². The van der Waals surface area contributed by atoms with Gasteiger partial charge in [0.2, 0.25) is 5.79 Å². The number of hydrogen-bond donors (Lipinski definition) is 0. The second-order valence-corrected chi connectivity index (χ2v) is 5.58. The second-order valence-electron chi connectivity index (χ2n) is 5.58. The lowest BCUT2D eigenvalue weighted by Gasteiger charge is -2.27. The molecule has 0 unspecified atom stereocenters. The monoisotopic (exact) mass is 282 g/mol. The molecule has 0 spiro atoms. The van der Waals surface area contributed by atoms with Crippen molar-refractivity contribution < 1.29 is 9.47 Å². The van der Waals surface area contributed by atoms with Crippen molar-refractivity contribution in [2.45, 2.75) is 33.2 Å². The normalized spacial score (nSPS) is 11.2. The van der Waals surface area contributed by atoms with Gasteiger partial charge in [-0.25, -0.2) is 0 Å². The molecule has 0 aromatic heterocycles. The highest BCUT2D eigenvalue weighted by molar-refractivity contribution is 5.62. The summed E-state index contributed by atoms with van der Waals surface area (Å²) in [6.07, 6.45) is 0. The first-order chi connectivity index (χ1) is 9.96. The van der Waals surface area contributed by atoms with Crippen molar-refractivity contribution in [1.29, 1.82) is 0 Å². The molecule has 2 heteroatoms. The molecule has 2 aromatic carbocycles. The van der Waals surface area contributed by atoms with E-state index in [0.29, 0.717) is 6.61 Å². The van der Waals surface area contributed by atoms with Crippen molar-refractivity contribution in [1.82, 2.24) is 0 Å². The van der Waals surface area contributed by atoms with E-state index in [-0.39, 0.29) is 0 Å². The summed E-state index contributed by atoms with van der Waals surface area (Å²) in [5.74, 6) is 0.0948. The van der Waals surface area contributed by atoms with Gasteiger partial charge < -0.3 is 9.47 Å². The number of ether oxygens (including phenoxy) is 2. The Balaban J connectivity index is 2.00. The lowest BCUT2D eigenvalue weighted by molar-refractivity contribution is -0.164. The molecule has 0 N–H and O–H groups in total. The molecule has 2 nitrogen and oxygen atoms in total. The van der Waals surface area contributed by atoms with E-state index in [2.05, 4.69) is 6.58 Å². The van der Waals surface area contributed by atoms with Crippen molar-refractivity contribution in [3.63, 3.8) is 0 Å². The van der Waals surface area contributed by atoms with Crippen LogP contribution in [0, 0.1) is 0 Å². The van der Waals surface area contributed by atoms with Crippen LogP contribution in [0.3, 0.4) is 0 Å². The van der Waals surface area contributed by atoms with Crippen molar-refractivity contribution in [3.05, 3.63) is 72.3 Å². The number of allylic oxidation sites excluding steroid dienone is 1. The maximum atomic E-state index is 5.95. The fourth-order valence-electron chi connectivity index (χ4n) is 1.97. The Morgan fingerprint density at radius 3 is 2.43 bits per heavy atom. The molecule has 0 atom stereocenters. The summed E-state index contributed by atoms with van der Waals surface area (Å²) in [4.78, 5) is 0. The molecule has 2 rings (SSSR count). The first-order valence-electron chi connectivity index (χ1n) is 7.09. The van der Waals surface area contributed by atoms with Crippen LogP contribution in [0.25, 0.3) is 5.57 Å². The van der Waals surface area contributed by atoms with E-state index in [1.165, 1.54) is 0 Å². The van der Waals surface area contributed by atoms with Gasteiger partial charge in [0, 0.05) is 13.8 Å². The molecule has 0 aliphatic heterocycles. The quantitative estimate of drug-likeness (QED) is 0.690. The Morgan fingerprint density at radius 2 is 1.76 bits per heavy atom. The molecule has 0 heterocycles. The van der Waals surface area contributed by atoms with E-state index in [4.69, 9.17) is 9.47 Å². The Kier molecular flexibility index (Phi) is 4.81. The van der Waals surface area contributed by atoms with Gasteiger partial charge in [0.1, 0.15) is 5.75 Å². The Hall–Kier alpha value is -2.06. The summed E-state index contributed by atoms with van der Waals surface area (Å²) < 4.78 is 11.8. The molecule has 110 valence electrons. The van der Waals surface area contributed by atoms with E-state index in [1.807, 2.05) is 75.4 Å². The van der Waals surface area contributed by atoms with Gasteiger partial charge in [-0.1, -0.05) is 54.6 Å². The molecule has 0 saturated heterocycles. The molecule has 0 saturated carbocycles. The smallest absolute Gasteiger partial charge is 0.205 e. The first kappa shape index (κ1) is 15.3. The molecule has 0 amide bonds. The Morgan fingerprint density at radius 1 is 1.05 bits per heavy atom. The third kappa shape index (κ3) is 4.76. The summed E-state index contributed by atoms with van der Waals surface area (Å²) in [6, 6.07) is 18.0. The molecule has 0 fully saturated rings. The van der Waals surface area contributed by atoms with E-state index in [0.717, 1.165) is 22.4 Å². The molecule has 0 radical (unpaired) electrons. The van der Waals surface area contributed by atoms with E-state index in [1.54, 1.807) is 0 Å². The van der Waals surface area contributed by atoms with Crippen LogP contribution in [-0.4, -0.2) is 5.79 Å². The third-order valence-electron chi connectivity index (χ3n) is 3.12. The van der Waals surface area contributed by atoms with Crippen LogP contribution >= 0.6 is 0 Å². The van der Waals surface area contributed by atoms with Crippen LogP contribution in [-0.2, 0) is 11.3 Å². The topological polar surface area (TPSA) is 18.5 Å². The predicted molar refractivity (Wildman–Crippen MR) is 87.1 cm³/mol. The molecular formula is C19H22O2. The fraction of sp³-hybridized carbons (Fsp3) is 0.263. The van der Waals surface area contributed by atoms with Crippen molar-refractivity contribution in [2.24, 2.45) is 0 Å². The summed E-state index contributed by atoms with van der Waals surface area (Å²) in [5, 5.41) is 0. The van der Waals surface area contributed by atoms with Gasteiger partial charge in [-0.05, 0) is 30.2 Å². The second kappa shape index (κ2) is 6.59. The SMILES string of the molecule is C=C(C)c1cccc(OC(C)(C)OCc2ccccc2)c1. The maximum absolute atomic E-state index is 5.95. The molecule has 0 aliphatic rings. The number of rotatable bonds is 6. The summed E-state index contributed by atoms with van der Waals surface area (Å²) in [7, 11) is 0. The van der Waals surface area contributed by atoms with Crippen LogP contribution in [0.15, 0.2) is 61.2 Å². The lowest BCUT2D eigenvalue weighted by atomic mass is 10.1. The predicted octanol–water partition coefficient (Wildman–Crippen LogP) is 5.05. The average Bonchev–Trinajstić information content (AvgIpc) is 2.46. The third-order valence-corrected chi connectivity index (χ3v) is 3.12. The Bertz CT molecular complexity index is 600.